The van der Waals surface area contributed by atoms with Crippen LogP contribution in [0.4, 0.5) is 0 Å². The Labute approximate surface area is 70.1 Å². The average molecular weight is 166 g/mol. The number of ether oxygens (including phenoxy) is 1. The summed E-state index contributed by atoms with van der Waals surface area (Å²) in [6.07, 6.45) is 3.32. The molecule has 3 aliphatic rings. The maximum atomic E-state index is 11.2. The first kappa shape index (κ1) is 6.63. The van der Waals surface area contributed by atoms with Crippen LogP contribution in [0.25, 0.3) is 0 Å². The van der Waals surface area contributed by atoms with Crippen LogP contribution >= 0.6 is 0 Å². The summed E-state index contributed by atoms with van der Waals surface area (Å²) in [7, 11) is 0. The summed E-state index contributed by atoms with van der Waals surface area (Å²) < 4.78 is 4.63. The number of fused-ring (bicyclic) bond motifs is 5. The standard InChI is InChI=1S/C9H10O3/c10-8-6-4-1-2-5(3-4)7(6)9(11)12-8/h4-7H,1-3H2/t4-,5+,6-,7-/m0/s1. The van der Waals surface area contributed by atoms with Crippen LogP contribution < -0.4 is 0 Å². The number of hydrogen-bond acceptors (Lipinski definition) is 3. The van der Waals surface area contributed by atoms with E-state index in [0.29, 0.717) is 11.8 Å². The van der Waals surface area contributed by atoms with Gasteiger partial charge in [-0.3, -0.25) is 9.59 Å². The third kappa shape index (κ3) is 0.586. The largest absolute Gasteiger partial charge is 0.393 e. The van der Waals surface area contributed by atoms with Gasteiger partial charge in [-0.1, -0.05) is 0 Å². The third-order valence-electron chi connectivity index (χ3n) is 3.66. The lowest BCUT2D eigenvalue weighted by Crippen LogP contribution is -2.24. The minimum atomic E-state index is -0.253. The van der Waals surface area contributed by atoms with E-state index in [1.807, 2.05) is 0 Å². The second-order valence-corrected chi connectivity index (χ2v) is 4.12. The Balaban J connectivity index is 2.03. The molecule has 4 atom stereocenters. The van der Waals surface area contributed by atoms with Gasteiger partial charge in [0.1, 0.15) is 0 Å². The zero-order chi connectivity index (χ0) is 8.29. The quantitative estimate of drug-likeness (QED) is 0.393. The summed E-state index contributed by atoms with van der Waals surface area (Å²) in [6, 6.07) is 0. The number of cyclic esters (lactones) is 2. The van der Waals surface area contributed by atoms with Crippen molar-refractivity contribution in [2.75, 3.05) is 0 Å². The van der Waals surface area contributed by atoms with E-state index in [-0.39, 0.29) is 23.8 Å². The van der Waals surface area contributed by atoms with Gasteiger partial charge in [0.05, 0.1) is 11.8 Å². The van der Waals surface area contributed by atoms with Crippen LogP contribution in [0.15, 0.2) is 0 Å². The molecule has 0 radical (unpaired) electrons. The molecule has 0 spiro atoms. The molecule has 12 heavy (non-hydrogen) atoms. The Bertz CT molecular complexity index is 245. The van der Waals surface area contributed by atoms with E-state index in [1.54, 1.807) is 0 Å². The van der Waals surface area contributed by atoms with Crippen molar-refractivity contribution in [3.05, 3.63) is 0 Å². The maximum absolute atomic E-state index is 11.2. The molecule has 0 amide bonds. The highest BCUT2D eigenvalue weighted by atomic mass is 16.6. The molecule has 0 N–H and O–H groups in total. The van der Waals surface area contributed by atoms with Gasteiger partial charge in [0.25, 0.3) is 0 Å². The van der Waals surface area contributed by atoms with Crippen LogP contribution in [0.2, 0.25) is 0 Å². The molecule has 3 fully saturated rings. The van der Waals surface area contributed by atoms with Crippen LogP contribution in [0.5, 0.6) is 0 Å². The number of carbonyl (C=O) groups excluding carboxylic acids is 2. The van der Waals surface area contributed by atoms with E-state index < -0.39 is 0 Å². The first-order valence-electron chi connectivity index (χ1n) is 4.53. The molecular weight excluding hydrogens is 156 g/mol. The van der Waals surface area contributed by atoms with Crippen molar-refractivity contribution in [3.8, 4) is 0 Å². The predicted molar refractivity (Wildman–Crippen MR) is 38.9 cm³/mol. The van der Waals surface area contributed by atoms with E-state index in [1.165, 1.54) is 0 Å². The smallest absolute Gasteiger partial charge is 0.317 e. The highest BCUT2D eigenvalue weighted by Gasteiger charge is 2.59. The normalized spacial score (nSPS) is 49.7. The number of esters is 2. The fourth-order valence-electron chi connectivity index (χ4n) is 3.20. The Morgan fingerprint density at radius 3 is 2.00 bits per heavy atom. The lowest BCUT2D eigenvalue weighted by atomic mass is 9.81. The molecule has 0 aromatic rings. The third-order valence-corrected chi connectivity index (χ3v) is 3.66. The van der Waals surface area contributed by atoms with Gasteiger partial charge in [0.15, 0.2) is 0 Å². The van der Waals surface area contributed by atoms with Crippen molar-refractivity contribution in [1.29, 1.82) is 0 Å². The topological polar surface area (TPSA) is 43.4 Å². The summed E-state index contributed by atoms with van der Waals surface area (Å²) in [5.74, 6) is 0.291. The van der Waals surface area contributed by atoms with Gasteiger partial charge in [-0.05, 0) is 31.1 Å². The molecule has 2 aliphatic carbocycles. The minimum absolute atomic E-state index is 0.0590. The highest BCUT2D eigenvalue weighted by Crippen LogP contribution is 2.55. The lowest BCUT2D eigenvalue weighted by molar-refractivity contribution is -0.154. The van der Waals surface area contributed by atoms with Gasteiger partial charge in [-0.15, -0.1) is 0 Å². The fourth-order valence-corrected chi connectivity index (χ4v) is 3.20. The van der Waals surface area contributed by atoms with Crippen LogP contribution in [0.3, 0.4) is 0 Å². The Morgan fingerprint density at radius 1 is 1.00 bits per heavy atom. The summed E-state index contributed by atoms with van der Waals surface area (Å²) >= 11 is 0. The van der Waals surface area contributed by atoms with Crippen molar-refractivity contribution in [2.24, 2.45) is 23.7 Å². The van der Waals surface area contributed by atoms with Crippen LogP contribution in [-0.2, 0) is 14.3 Å². The van der Waals surface area contributed by atoms with Crippen molar-refractivity contribution in [2.45, 2.75) is 19.3 Å². The second-order valence-electron chi connectivity index (χ2n) is 4.12. The monoisotopic (exact) mass is 166 g/mol. The number of hydrogen-bond donors (Lipinski definition) is 0. The second kappa shape index (κ2) is 1.90. The van der Waals surface area contributed by atoms with Gasteiger partial charge < -0.3 is 4.74 Å². The van der Waals surface area contributed by atoms with E-state index in [4.69, 9.17) is 0 Å². The van der Waals surface area contributed by atoms with Gasteiger partial charge in [0.2, 0.25) is 0 Å². The first-order chi connectivity index (χ1) is 5.77. The summed E-state index contributed by atoms with van der Waals surface area (Å²) in [6.45, 7) is 0. The number of rotatable bonds is 0. The van der Waals surface area contributed by atoms with Crippen molar-refractivity contribution in [1.82, 2.24) is 0 Å². The first-order valence-corrected chi connectivity index (χ1v) is 4.53. The molecule has 3 heteroatoms. The molecule has 0 aromatic carbocycles. The van der Waals surface area contributed by atoms with E-state index in [0.717, 1.165) is 19.3 Å². The minimum Gasteiger partial charge on any atom is -0.393 e. The molecule has 3 nitrogen and oxygen atoms in total. The molecule has 1 heterocycles. The van der Waals surface area contributed by atoms with E-state index in [9.17, 15) is 9.59 Å². The van der Waals surface area contributed by atoms with Crippen molar-refractivity contribution in [3.63, 3.8) is 0 Å². The molecule has 1 aliphatic heterocycles. The van der Waals surface area contributed by atoms with Gasteiger partial charge in [0, 0.05) is 0 Å². The lowest BCUT2D eigenvalue weighted by Gasteiger charge is -2.17. The van der Waals surface area contributed by atoms with Gasteiger partial charge >= 0.3 is 11.9 Å². The molecule has 0 unspecified atom stereocenters. The van der Waals surface area contributed by atoms with Crippen molar-refractivity contribution < 1.29 is 14.3 Å². The molecule has 64 valence electrons. The summed E-state index contributed by atoms with van der Waals surface area (Å²) in [5, 5.41) is 0. The molecular formula is C9H10O3. The molecule has 2 saturated carbocycles. The van der Waals surface area contributed by atoms with Crippen LogP contribution in [0, 0.1) is 23.7 Å². The van der Waals surface area contributed by atoms with Gasteiger partial charge in [-0.2, -0.15) is 0 Å². The molecule has 1 saturated heterocycles. The average Bonchev–Trinajstić information content (AvgIpc) is 2.64. The Kier molecular flexibility index (Phi) is 1.05. The van der Waals surface area contributed by atoms with Crippen LogP contribution in [-0.4, -0.2) is 11.9 Å². The summed E-state index contributed by atoms with van der Waals surface area (Å²) in [4.78, 5) is 22.4. The molecule has 2 bridgehead atoms. The van der Waals surface area contributed by atoms with Crippen LogP contribution in [0.1, 0.15) is 19.3 Å². The number of carbonyl (C=O) groups is 2. The van der Waals surface area contributed by atoms with Gasteiger partial charge in [-0.25, -0.2) is 0 Å². The SMILES string of the molecule is O=C1OC(=O)[C@H]2[C@H]3CC[C@H](C3)[C@H]12. The predicted octanol–water partition coefficient (Wildman–Crippen LogP) is 0.732. The molecule has 3 rings (SSSR count). The fraction of sp³-hybridized carbons (Fsp3) is 0.778. The zero-order valence-electron chi connectivity index (χ0n) is 6.66. The molecule has 0 aromatic heterocycles. The zero-order valence-corrected chi connectivity index (χ0v) is 6.66. The summed E-state index contributed by atoms with van der Waals surface area (Å²) in [5.41, 5.74) is 0. The van der Waals surface area contributed by atoms with E-state index >= 15 is 0 Å². The Morgan fingerprint density at radius 2 is 1.50 bits per heavy atom. The maximum Gasteiger partial charge on any atom is 0.317 e. The Hall–Kier alpha value is -0.860. The van der Waals surface area contributed by atoms with Crippen molar-refractivity contribution >= 4 is 11.9 Å². The van der Waals surface area contributed by atoms with E-state index in [2.05, 4.69) is 4.74 Å². The highest BCUT2D eigenvalue weighted by molar-refractivity contribution is 5.97.